The van der Waals surface area contributed by atoms with Gasteiger partial charge in [-0.15, -0.1) is 0 Å². The van der Waals surface area contributed by atoms with Gasteiger partial charge in [-0.25, -0.2) is 0 Å². The van der Waals surface area contributed by atoms with Gasteiger partial charge < -0.3 is 14.5 Å². The number of esters is 1. The molecule has 0 saturated carbocycles. The first-order valence-corrected chi connectivity index (χ1v) is 15.1. The van der Waals surface area contributed by atoms with Crippen LogP contribution >= 0.6 is 0 Å². The van der Waals surface area contributed by atoms with E-state index in [0.29, 0.717) is 13.0 Å². The molecule has 0 fully saturated rings. The third-order valence-corrected chi connectivity index (χ3v) is 10.6. The van der Waals surface area contributed by atoms with Crippen molar-refractivity contribution < 1.29 is 9.53 Å². The first-order chi connectivity index (χ1) is 16.3. The monoisotopic (exact) mass is 472 g/mol. The van der Waals surface area contributed by atoms with Gasteiger partial charge in [0.15, 0.2) is 0 Å². The van der Waals surface area contributed by atoms with E-state index >= 15 is 0 Å². The van der Waals surface area contributed by atoms with Gasteiger partial charge in [-0.05, 0) is 64.2 Å². The van der Waals surface area contributed by atoms with Crippen LogP contribution in [0.4, 0.5) is 11.4 Å². The summed E-state index contributed by atoms with van der Waals surface area (Å²) in [6.07, 6.45) is 2.21. The van der Waals surface area contributed by atoms with E-state index in [4.69, 9.17) is 4.74 Å². The Kier molecular flexibility index (Phi) is 7.12. The molecule has 34 heavy (non-hydrogen) atoms. The Balaban J connectivity index is 1.39. The third kappa shape index (κ3) is 5.20. The average Bonchev–Trinajstić information content (AvgIpc) is 2.83. The maximum Gasteiger partial charge on any atom is 0.306 e. The van der Waals surface area contributed by atoms with E-state index in [1.54, 1.807) is 5.19 Å². The van der Waals surface area contributed by atoms with Gasteiger partial charge in [0, 0.05) is 45.5 Å². The lowest BCUT2D eigenvalue weighted by Gasteiger charge is -2.35. The second-order valence-corrected chi connectivity index (χ2v) is 14.4. The van der Waals surface area contributed by atoms with E-state index in [0.717, 1.165) is 24.9 Å². The van der Waals surface area contributed by atoms with Crippen LogP contribution in [0.5, 0.6) is 0 Å². The second-order valence-electron chi connectivity index (χ2n) is 10.1. The summed E-state index contributed by atoms with van der Waals surface area (Å²) in [5.74, 6) is -0.135. The maximum atomic E-state index is 12.2. The molecule has 1 aliphatic heterocycles. The predicted octanol–water partition coefficient (Wildman–Crippen LogP) is 4.44. The fourth-order valence-electron chi connectivity index (χ4n) is 4.87. The number of hydrogen-bond acceptors (Lipinski definition) is 4. The summed E-state index contributed by atoms with van der Waals surface area (Å²) in [5.41, 5.74) is 6.46. The summed E-state index contributed by atoms with van der Waals surface area (Å²) in [5, 5.41) is 3.08. The zero-order chi connectivity index (χ0) is 24.3. The summed E-state index contributed by atoms with van der Waals surface area (Å²) in [4.78, 5) is 16.6. The van der Waals surface area contributed by atoms with Crippen molar-refractivity contribution in [2.45, 2.75) is 39.0 Å². The number of carbonyl (C=O) groups excluding carboxylic acids is 1. The van der Waals surface area contributed by atoms with Crippen molar-refractivity contribution in [2.75, 3.05) is 37.5 Å². The highest BCUT2D eigenvalue weighted by atomic mass is 28.3. The molecule has 0 amide bonds. The van der Waals surface area contributed by atoms with E-state index in [9.17, 15) is 4.79 Å². The Morgan fingerprint density at radius 3 is 2.15 bits per heavy atom. The van der Waals surface area contributed by atoms with Crippen LogP contribution in [-0.2, 0) is 22.6 Å². The smallest absolute Gasteiger partial charge is 0.306 e. The lowest BCUT2D eigenvalue weighted by Crippen LogP contribution is -2.58. The zero-order valence-electron chi connectivity index (χ0n) is 21.1. The van der Waals surface area contributed by atoms with Crippen LogP contribution in [0.1, 0.15) is 29.5 Å². The van der Waals surface area contributed by atoms with Gasteiger partial charge in [0.25, 0.3) is 0 Å². The topological polar surface area (TPSA) is 32.8 Å². The van der Waals surface area contributed by atoms with E-state index in [1.807, 2.05) is 30.3 Å². The highest BCUT2D eigenvalue weighted by Crippen LogP contribution is 2.25. The summed E-state index contributed by atoms with van der Waals surface area (Å²) < 4.78 is 5.42. The molecule has 1 aliphatic rings. The van der Waals surface area contributed by atoms with Gasteiger partial charge in [-0.2, -0.15) is 0 Å². The molecule has 1 heterocycles. The van der Waals surface area contributed by atoms with E-state index in [2.05, 4.69) is 80.4 Å². The van der Waals surface area contributed by atoms with Gasteiger partial charge >= 0.3 is 5.97 Å². The van der Waals surface area contributed by atoms with Crippen LogP contribution < -0.4 is 20.2 Å². The number of rotatable bonds is 8. The van der Waals surface area contributed by atoms with Gasteiger partial charge in [0.05, 0.1) is 0 Å². The molecule has 0 unspecified atom stereocenters. The van der Waals surface area contributed by atoms with Crippen LogP contribution in [0, 0.1) is 0 Å². The molecule has 0 N–H and O–H groups in total. The Labute approximate surface area is 205 Å². The minimum Gasteiger partial charge on any atom is -0.461 e. The minimum atomic E-state index is -1.81. The zero-order valence-corrected chi connectivity index (χ0v) is 22.1. The summed E-state index contributed by atoms with van der Waals surface area (Å²) >= 11 is 0. The number of fused-ring (bicyclic) bond motifs is 2. The van der Waals surface area contributed by atoms with Crippen LogP contribution in [0.2, 0.25) is 13.1 Å². The Hall–Kier alpha value is -3.05. The third-order valence-electron chi connectivity index (χ3n) is 6.99. The molecule has 0 saturated heterocycles. The standard InChI is InChI=1S/C29H36N2O2Si/c1-30(2)25-15-13-23-18-24-14-16-26(20-28(24)34(4,5)27(23)19-25)31(3)17-9-12-29(32)33-21-22-10-7-6-8-11-22/h6-8,10-11,13-16,19-20H,9,12,17-18,21H2,1-5H3. The van der Waals surface area contributed by atoms with Crippen molar-refractivity contribution in [1.82, 2.24) is 0 Å². The quantitative estimate of drug-likeness (QED) is 0.358. The normalized spacial score (nSPS) is 13.6. The molecule has 0 bridgehead atoms. The molecule has 0 aliphatic carbocycles. The van der Waals surface area contributed by atoms with Crippen molar-refractivity contribution in [3.05, 3.63) is 83.4 Å². The SMILES string of the molecule is CN(C)c1ccc2c(c1)[Si](C)(C)c1cc(N(C)CCCC(=O)OCc3ccccc3)ccc1C2. The largest absolute Gasteiger partial charge is 0.461 e. The summed E-state index contributed by atoms with van der Waals surface area (Å²) in [6.45, 7) is 6.10. The number of nitrogens with zero attached hydrogens (tertiary/aromatic N) is 2. The molecule has 4 rings (SSSR count). The van der Waals surface area contributed by atoms with E-state index in [-0.39, 0.29) is 5.97 Å². The first kappa shape index (κ1) is 24.1. The molecule has 0 spiro atoms. The van der Waals surface area contributed by atoms with Crippen molar-refractivity contribution in [1.29, 1.82) is 0 Å². The molecule has 0 aromatic heterocycles. The summed E-state index contributed by atoms with van der Waals surface area (Å²) in [6, 6.07) is 23.7. The van der Waals surface area contributed by atoms with E-state index < -0.39 is 8.07 Å². The molecule has 0 radical (unpaired) electrons. The van der Waals surface area contributed by atoms with Crippen molar-refractivity contribution in [3.63, 3.8) is 0 Å². The number of anilines is 2. The highest BCUT2D eigenvalue weighted by Gasteiger charge is 2.35. The Morgan fingerprint density at radius 1 is 0.882 bits per heavy atom. The molecule has 4 nitrogen and oxygen atoms in total. The van der Waals surface area contributed by atoms with E-state index in [1.165, 1.54) is 27.7 Å². The maximum absolute atomic E-state index is 12.2. The van der Waals surface area contributed by atoms with Gasteiger partial charge in [0.2, 0.25) is 0 Å². The molecule has 3 aromatic carbocycles. The molecular weight excluding hydrogens is 436 g/mol. The highest BCUT2D eigenvalue weighted by molar-refractivity contribution is 7.01. The number of benzene rings is 3. The Morgan fingerprint density at radius 2 is 1.50 bits per heavy atom. The van der Waals surface area contributed by atoms with Crippen LogP contribution in [0.3, 0.4) is 0 Å². The van der Waals surface area contributed by atoms with Crippen molar-refractivity contribution >= 4 is 35.8 Å². The predicted molar refractivity (Wildman–Crippen MR) is 146 cm³/mol. The van der Waals surface area contributed by atoms with Gasteiger partial charge in [-0.3, -0.25) is 4.79 Å². The van der Waals surface area contributed by atoms with Crippen molar-refractivity contribution in [3.8, 4) is 0 Å². The van der Waals surface area contributed by atoms with Crippen LogP contribution in [-0.4, -0.2) is 41.7 Å². The minimum absolute atomic E-state index is 0.135. The molecular formula is C29H36N2O2Si. The summed E-state index contributed by atoms with van der Waals surface area (Å²) in [7, 11) is 4.53. The van der Waals surface area contributed by atoms with Crippen molar-refractivity contribution in [2.24, 2.45) is 0 Å². The number of ether oxygens (including phenoxy) is 1. The fraction of sp³-hybridized carbons (Fsp3) is 0.345. The number of hydrogen-bond donors (Lipinski definition) is 0. The number of carbonyl (C=O) groups is 1. The Bertz CT molecular complexity index is 1160. The molecule has 5 heteroatoms. The lowest BCUT2D eigenvalue weighted by atomic mass is 10.0. The second kappa shape index (κ2) is 10.1. The van der Waals surface area contributed by atoms with Gasteiger partial charge in [-0.1, -0.05) is 55.6 Å². The fourth-order valence-corrected chi connectivity index (χ4v) is 8.12. The molecule has 0 atom stereocenters. The molecule has 3 aromatic rings. The lowest BCUT2D eigenvalue weighted by molar-refractivity contribution is -0.145. The van der Waals surface area contributed by atoms with Gasteiger partial charge in [0.1, 0.15) is 14.7 Å². The van der Waals surface area contributed by atoms with Crippen LogP contribution in [0.25, 0.3) is 0 Å². The average molecular weight is 473 g/mol. The first-order valence-electron chi connectivity index (χ1n) is 12.1. The molecule has 178 valence electrons. The van der Waals surface area contributed by atoms with Crippen LogP contribution in [0.15, 0.2) is 66.7 Å².